The van der Waals surface area contributed by atoms with Crippen LogP contribution in [-0.4, -0.2) is 80.9 Å². The fourth-order valence-corrected chi connectivity index (χ4v) is 4.92. The molecule has 1 aliphatic carbocycles. The van der Waals surface area contributed by atoms with Crippen LogP contribution in [-0.2, 0) is 14.2 Å². The van der Waals surface area contributed by atoms with Crippen molar-refractivity contribution in [3.8, 4) is 11.1 Å². The Morgan fingerprint density at radius 1 is 0.737 bits per heavy atom. The summed E-state index contributed by atoms with van der Waals surface area (Å²) in [5, 5.41) is 0. The molecule has 196 valence electrons. The minimum Gasteiger partial charge on any atom is -0.448 e. The van der Waals surface area contributed by atoms with Crippen molar-refractivity contribution in [1.82, 2.24) is 9.80 Å². The van der Waals surface area contributed by atoms with Crippen molar-refractivity contribution in [3.05, 3.63) is 95.1 Å². The monoisotopic (exact) mass is 514 g/mol. The summed E-state index contributed by atoms with van der Waals surface area (Å²) in [6.45, 7) is 2.07. The van der Waals surface area contributed by atoms with E-state index in [0.29, 0.717) is 37.5 Å². The van der Waals surface area contributed by atoms with Crippen LogP contribution in [0.25, 0.3) is 11.1 Å². The number of hydrogen-bond donors (Lipinski definition) is 0. The van der Waals surface area contributed by atoms with E-state index in [1.807, 2.05) is 24.3 Å². The third-order valence-corrected chi connectivity index (χ3v) is 6.93. The predicted molar refractivity (Wildman–Crippen MR) is 141 cm³/mol. The number of amides is 3. The first kappa shape index (κ1) is 25.6. The quantitative estimate of drug-likeness (QED) is 0.282. The SMILES string of the molecule is CN(CCOCCOCCN1C(=O)c2ccccc2C1=O)C(=O)OCC1c2ccccc2-c2ccccc21. The number of benzene rings is 3. The number of carbonyl (C=O) groups excluding carboxylic acids is 3. The van der Waals surface area contributed by atoms with Gasteiger partial charge in [0.1, 0.15) is 6.61 Å². The first-order valence-electron chi connectivity index (χ1n) is 12.7. The van der Waals surface area contributed by atoms with E-state index in [4.69, 9.17) is 14.2 Å². The lowest BCUT2D eigenvalue weighted by molar-refractivity contribution is 0.0298. The first-order chi connectivity index (χ1) is 18.6. The average Bonchev–Trinajstić information content (AvgIpc) is 3.40. The number of ether oxygens (including phenoxy) is 3. The molecule has 3 amide bonds. The van der Waals surface area contributed by atoms with E-state index < -0.39 is 6.09 Å². The minimum absolute atomic E-state index is 0.0217. The van der Waals surface area contributed by atoms with Gasteiger partial charge in [0.15, 0.2) is 0 Å². The van der Waals surface area contributed by atoms with Crippen molar-refractivity contribution < 1.29 is 28.6 Å². The Bertz CT molecular complexity index is 1260. The van der Waals surface area contributed by atoms with E-state index in [-0.39, 0.29) is 37.5 Å². The van der Waals surface area contributed by atoms with Gasteiger partial charge in [-0.05, 0) is 34.4 Å². The lowest BCUT2D eigenvalue weighted by Crippen LogP contribution is -2.33. The van der Waals surface area contributed by atoms with E-state index in [0.717, 1.165) is 0 Å². The van der Waals surface area contributed by atoms with Crippen molar-refractivity contribution in [2.24, 2.45) is 0 Å². The Morgan fingerprint density at radius 2 is 1.24 bits per heavy atom. The molecule has 0 N–H and O–H groups in total. The maximum Gasteiger partial charge on any atom is 0.409 e. The lowest BCUT2D eigenvalue weighted by Gasteiger charge is -2.19. The third kappa shape index (κ3) is 5.18. The molecule has 0 radical (unpaired) electrons. The highest BCUT2D eigenvalue weighted by Gasteiger charge is 2.34. The van der Waals surface area contributed by atoms with Gasteiger partial charge in [-0.15, -0.1) is 0 Å². The second-order valence-corrected chi connectivity index (χ2v) is 9.26. The number of carbonyl (C=O) groups is 3. The number of nitrogens with zero attached hydrogens (tertiary/aromatic N) is 2. The fourth-order valence-electron chi connectivity index (χ4n) is 4.92. The van der Waals surface area contributed by atoms with Crippen LogP contribution < -0.4 is 0 Å². The van der Waals surface area contributed by atoms with Crippen LogP contribution in [0.5, 0.6) is 0 Å². The van der Waals surface area contributed by atoms with Gasteiger partial charge in [-0.25, -0.2) is 4.79 Å². The second kappa shape index (κ2) is 11.6. The summed E-state index contributed by atoms with van der Waals surface area (Å²) in [7, 11) is 1.68. The van der Waals surface area contributed by atoms with E-state index >= 15 is 0 Å². The highest BCUT2D eigenvalue weighted by molar-refractivity contribution is 6.21. The molecule has 8 nitrogen and oxygen atoms in total. The van der Waals surface area contributed by atoms with Crippen LogP contribution in [0.4, 0.5) is 4.79 Å². The molecule has 0 saturated heterocycles. The number of rotatable bonds is 11. The molecule has 0 saturated carbocycles. The fraction of sp³-hybridized carbons (Fsp3) is 0.300. The first-order valence-corrected chi connectivity index (χ1v) is 12.7. The summed E-state index contributed by atoms with van der Waals surface area (Å²) in [4.78, 5) is 39.9. The molecule has 0 atom stereocenters. The van der Waals surface area contributed by atoms with Gasteiger partial charge < -0.3 is 19.1 Å². The molecular formula is C30H30N2O6. The molecule has 0 aromatic heterocycles. The zero-order chi connectivity index (χ0) is 26.5. The Hall–Kier alpha value is -4.01. The van der Waals surface area contributed by atoms with Crippen molar-refractivity contribution in [2.45, 2.75) is 5.92 Å². The number of imide groups is 1. The van der Waals surface area contributed by atoms with Crippen LogP contribution in [0.3, 0.4) is 0 Å². The number of hydrogen-bond acceptors (Lipinski definition) is 6. The summed E-state index contributed by atoms with van der Waals surface area (Å²) in [6.07, 6.45) is -0.396. The standard InChI is InChI=1S/C30H30N2O6/c1-31(30(35)38-20-27-23-10-4-2-8-21(23)22-9-3-5-11-24(22)27)14-16-36-18-19-37-17-15-32-28(33)25-12-6-7-13-26(25)29(32)34/h2-13,27H,14-20H2,1H3. The molecule has 0 bridgehead atoms. The van der Waals surface area contributed by atoms with Gasteiger partial charge in [-0.1, -0.05) is 60.7 Å². The molecule has 1 aliphatic heterocycles. The molecule has 8 heteroatoms. The zero-order valence-corrected chi connectivity index (χ0v) is 21.3. The summed E-state index contributed by atoms with van der Waals surface area (Å²) in [5.41, 5.74) is 5.60. The summed E-state index contributed by atoms with van der Waals surface area (Å²) < 4.78 is 16.7. The minimum atomic E-state index is -0.396. The van der Waals surface area contributed by atoms with E-state index in [1.54, 1.807) is 31.3 Å². The smallest absolute Gasteiger partial charge is 0.409 e. The molecule has 3 aromatic carbocycles. The van der Waals surface area contributed by atoms with Gasteiger partial charge in [0.2, 0.25) is 0 Å². The number of likely N-dealkylation sites (N-methyl/N-ethyl adjacent to an activating group) is 1. The van der Waals surface area contributed by atoms with Gasteiger partial charge in [0, 0.05) is 19.5 Å². The molecule has 2 aliphatic rings. The van der Waals surface area contributed by atoms with E-state index in [9.17, 15) is 14.4 Å². The molecule has 0 fully saturated rings. The highest BCUT2D eigenvalue weighted by atomic mass is 16.6. The number of fused-ring (bicyclic) bond motifs is 4. The third-order valence-electron chi connectivity index (χ3n) is 6.93. The van der Waals surface area contributed by atoms with Gasteiger partial charge >= 0.3 is 6.09 Å². The molecule has 1 heterocycles. The van der Waals surface area contributed by atoms with Gasteiger partial charge in [0.25, 0.3) is 11.8 Å². The lowest BCUT2D eigenvalue weighted by atomic mass is 9.98. The van der Waals surface area contributed by atoms with Crippen LogP contribution in [0.15, 0.2) is 72.8 Å². The molecule has 0 unspecified atom stereocenters. The van der Waals surface area contributed by atoms with Crippen molar-refractivity contribution in [1.29, 1.82) is 0 Å². The Balaban J connectivity index is 0.970. The Kier molecular flexibility index (Phi) is 7.81. The van der Waals surface area contributed by atoms with Crippen molar-refractivity contribution in [2.75, 3.05) is 53.2 Å². The second-order valence-electron chi connectivity index (χ2n) is 9.26. The Morgan fingerprint density at radius 3 is 1.82 bits per heavy atom. The summed E-state index contributed by atoms with van der Waals surface area (Å²) in [5.74, 6) is -0.558. The molecule has 3 aromatic rings. The van der Waals surface area contributed by atoms with Crippen LogP contribution in [0.1, 0.15) is 37.8 Å². The van der Waals surface area contributed by atoms with Crippen LogP contribution >= 0.6 is 0 Å². The van der Waals surface area contributed by atoms with E-state index in [2.05, 4.69) is 24.3 Å². The van der Waals surface area contributed by atoms with Crippen LogP contribution in [0.2, 0.25) is 0 Å². The summed E-state index contributed by atoms with van der Waals surface area (Å²) >= 11 is 0. The Labute approximate surface area is 221 Å². The van der Waals surface area contributed by atoms with Crippen molar-refractivity contribution in [3.63, 3.8) is 0 Å². The predicted octanol–water partition coefficient (Wildman–Crippen LogP) is 4.20. The largest absolute Gasteiger partial charge is 0.448 e. The van der Waals surface area contributed by atoms with Gasteiger partial charge in [0.05, 0.1) is 44.1 Å². The van der Waals surface area contributed by atoms with Gasteiger partial charge in [-0.2, -0.15) is 0 Å². The van der Waals surface area contributed by atoms with Crippen LogP contribution in [0, 0.1) is 0 Å². The van der Waals surface area contributed by atoms with Crippen molar-refractivity contribution >= 4 is 17.9 Å². The maximum atomic E-state index is 12.6. The summed E-state index contributed by atoms with van der Waals surface area (Å²) in [6, 6.07) is 23.3. The maximum absolute atomic E-state index is 12.6. The molecule has 38 heavy (non-hydrogen) atoms. The normalized spacial score (nSPS) is 13.9. The average molecular weight is 515 g/mol. The highest BCUT2D eigenvalue weighted by Crippen LogP contribution is 2.44. The molecule has 5 rings (SSSR count). The molecular weight excluding hydrogens is 484 g/mol. The molecule has 0 spiro atoms. The van der Waals surface area contributed by atoms with Gasteiger partial charge in [-0.3, -0.25) is 14.5 Å². The topological polar surface area (TPSA) is 85.4 Å². The zero-order valence-electron chi connectivity index (χ0n) is 21.3. The van der Waals surface area contributed by atoms with E-state index in [1.165, 1.54) is 32.1 Å².